The molecule has 10 heteroatoms. The largest absolute Gasteiger partial charge is 0.435 e. The second kappa shape index (κ2) is 7.62. The molecule has 2 heterocycles. The number of nitrogens with zero attached hydrogens (tertiary/aromatic N) is 4. The topological polar surface area (TPSA) is 86.5 Å². The number of fused-ring (bicyclic) bond motifs is 1. The lowest BCUT2D eigenvalue weighted by Crippen LogP contribution is -2.49. The molecule has 1 fully saturated rings. The number of aromatic nitrogens is 1. The van der Waals surface area contributed by atoms with Crippen LogP contribution in [0.4, 0.5) is 14.5 Å². The number of hydrogen-bond acceptors (Lipinski definition) is 6. The molecule has 0 radical (unpaired) electrons. The summed E-state index contributed by atoms with van der Waals surface area (Å²) in [5, 5.41) is 9.98. The number of halogens is 2. The van der Waals surface area contributed by atoms with E-state index in [1.54, 1.807) is 13.0 Å². The predicted octanol–water partition coefficient (Wildman–Crippen LogP) is 2.18. The van der Waals surface area contributed by atoms with E-state index >= 15 is 0 Å². The fourth-order valence-electron chi connectivity index (χ4n) is 3.13. The van der Waals surface area contributed by atoms with E-state index < -0.39 is 16.6 Å². The van der Waals surface area contributed by atoms with Crippen molar-refractivity contribution in [1.82, 2.24) is 9.29 Å². The van der Waals surface area contributed by atoms with Gasteiger partial charge in [0.05, 0.1) is 22.5 Å². The molecule has 3 rings (SSSR count). The molecule has 0 amide bonds. The summed E-state index contributed by atoms with van der Waals surface area (Å²) in [6.07, 6.45) is 1.43. The first-order valence-corrected chi connectivity index (χ1v) is 9.97. The predicted molar refractivity (Wildman–Crippen MR) is 96.3 cm³/mol. The molecule has 1 aromatic carbocycles. The van der Waals surface area contributed by atoms with Crippen LogP contribution in [0.2, 0.25) is 0 Å². The molecule has 0 unspecified atom stereocenters. The molecule has 0 aliphatic carbocycles. The third-order valence-corrected chi connectivity index (χ3v) is 6.35. The van der Waals surface area contributed by atoms with Gasteiger partial charge in [0.2, 0.25) is 10.0 Å². The zero-order valence-electron chi connectivity index (χ0n) is 14.6. The summed E-state index contributed by atoms with van der Waals surface area (Å²) >= 11 is 0. The molecular weight excluding hydrogens is 378 g/mol. The van der Waals surface area contributed by atoms with E-state index in [4.69, 9.17) is 0 Å². The zero-order chi connectivity index (χ0) is 19.6. The third kappa shape index (κ3) is 3.94. The van der Waals surface area contributed by atoms with Crippen LogP contribution in [-0.4, -0.2) is 56.3 Å². The van der Waals surface area contributed by atoms with Gasteiger partial charge in [-0.2, -0.15) is 18.3 Å². The van der Waals surface area contributed by atoms with Crippen molar-refractivity contribution in [1.29, 1.82) is 5.26 Å². The summed E-state index contributed by atoms with van der Waals surface area (Å²) in [4.78, 5) is 6.08. The molecule has 1 aliphatic rings. The molecule has 7 nitrogen and oxygen atoms in total. The molecule has 1 saturated heterocycles. The number of sulfonamides is 1. The maximum atomic E-state index is 12.5. The van der Waals surface area contributed by atoms with Gasteiger partial charge in [-0.3, -0.25) is 4.98 Å². The summed E-state index contributed by atoms with van der Waals surface area (Å²) in [7, 11) is -3.28. The highest BCUT2D eigenvalue weighted by molar-refractivity contribution is 7.89. The Labute approximate surface area is 155 Å². The molecular formula is C17H18F2N4O3S. The fraction of sp³-hybridized carbons (Fsp3) is 0.412. The molecule has 1 aromatic heterocycles. The fourth-order valence-corrected chi connectivity index (χ4v) is 4.21. The molecule has 1 aliphatic heterocycles. The Morgan fingerprint density at radius 3 is 2.59 bits per heavy atom. The molecule has 144 valence electrons. The van der Waals surface area contributed by atoms with Gasteiger partial charge in [0.1, 0.15) is 11.8 Å². The number of piperazine rings is 1. The Bertz CT molecular complexity index is 984. The summed E-state index contributed by atoms with van der Waals surface area (Å²) in [5.41, 5.74) is 1.38. The van der Waals surface area contributed by atoms with Crippen LogP contribution < -0.4 is 9.64 Å². The highest BCUT2D eigenvalue weighted by Gasteiger charge is 2.27. The van der Waals surface area contributed by atoms with E-state index in [1.807, 2.05) is 4.90 Å². The highest BCUT2D eigenvalue weighted by Crippen LogP contribution is 2.33. The van der Waals surface area contributed by atoms with Crippen LogP contribution in [0.5, 0.6) is 5.75 Å². The minimum Gasteiger partial charge on any atom is -0.435 e. The summed E-state index contributed by atoms with van der Waals surface area (Å²) in [5.74, 6) is 0.00556. The molecule has 27 heavy (non-hydrogen) atoms. The number of benzene rings is 1. The summed E-state index contributed by atoms with van der Waals surface area (Å²) in [6, 6.07) is 6.45. The van der Waals surface area contributed by atoms with Crippen molar-refractivity contribution in [3.05, 3.63) is 30.0 Å². The minimum atomic E-state index is -3.28. The second-order valence-electron chi connectivity index (χ2n) is 5.98. The van der Waals surface area contributed by atoms with Crippen LogP contribution in [0.25, 0.3) is 10.9 Å². The van der Waals surface area contributed by atoms with Gasteiger partial charge in [-0.05, 0) is 25.1 Å². The number of pyridine rings is 1. The van der Waals surface area contributed by atoms with Gasteiger partial charge in [-0.25, -0.2) is 8.42 Å². The first kappa shape index (κ1) is 19.3. The van der Waals surface area contributed by atoms with Crippen molar-refractivity contribution >= 4 is 26.6 Å². The average Bonchev–Trinajstić information content (AvgIpc) is 2.66. The Kier molecular flexibility index (Phi) is 5.43. The quantitative estimate of drug-likeness (QED) is 0.770. The lowest BCUT2D eigenvalue weighted by atomic mass is 10.1. The maximum absolute atomic E-state index is 12.5. The van der Waals surface area contributed by atoms with Gasteiger partial charge in [-0.1, -0.05) is 0 Å². The van der Waals surface area contributed by atoms with Crippen molar-refractivity contribution in [2.75, 3.05) is 36.8 Å². The van der Waals surface area contributed by atoms with Gasteiger partial charge in [0, 0.05) is 37.8 Å². The van der Waals surface area contributed by atoms with Crippen LogP contribution in [0.15, 0.2) is 24.4 Å². The first-order valence-electron chi connectivity index (χ1n) is 8.36. The Morgan fingerprint density at radius 2 is 2.00 bits per heavy atom. The van der Waals surface area contributed by atoms with E-state index in [1.165, 1.54) is 22.6 Å². The van der Waals surface area contributed by atoms with Gasteiger partial charge in [0.25, 0.3) is 0 Å². The van der Waals surface area contributed by atoms with Gasteiger partial charge in [-0.15, -0.1) is 0 Å². The van der Waals surface area contributed by atoms with Crippen molar-refractivity contribution < 1.29 is 21.9 Å². The summed E-state index contributed by atoms with van der Waals surface area (Å²) < 4.78 is 55.1. The lowest BCUT2D eigenvalue weighted by molar-refractivity contribution is -0.0497. The third-order valence-electron chi connectivity index (χ3n) is 4.47. The van der Waals surface area contributed by atoms with E-state index in [0.29, 0.717) is 35.2 Å². The Hall–Kier alpha value is -2.51. The standard InChI is InChI=1S/C17H18F2N4O3S/c1-2-27(24,25)23-7-5-22(6-8-23)16-12(10-20)11-21-15-4-3-13(9-14(15)16)26-17(18)19/h3-4,9,11,17H,2,5-8H2,1H3. The van der Waals surface area contributed by atoms with Crippen molar-refractivity contribution in [2.45, 2.75) is 13.5 Å². The van der Waals surface area contributed by atoms with E-state index in [9.17, 15) is 22.5 Å². The number of alkyl halides is 2. The second-order valence-corrected chi connectivity index (χ2v) is 8.23. The van der Waals surface area contributed by atoms with Gasteiger partial charge >= 0.3 is 6.61 Å². The van der Waals surface area contributed by atoms with Crippen LogP contribution in [0, 0.1) is 11.3 Å². The van der Waals surface area contributed by atoms with E-state index in [2.05, 4.69) is 15.8 Å². The number of hydrogen-bond donors (Lipinski definition) is 0. The molecule has 0 bridgehead atoms. The Balaban J connectivity index is 1.99. The monoisotopic (exact) mass is 396 g/mol. The molecule has 0 atom stereocenters. The molecule has 0 spiro atoms. The van der Waals surface area contributed by atoms with Crippen LogP contribution in [0.3, 0.4) is 0 Å². The van der Waals surface area contributed by atoms with Crippen molar-refractivity contribution in [2.24, 2.45) is 0 Å². The SMILES string of the molecule is CCS(=O)(=O)N1CCN(c2c(C#N)cnc3ccc(OC(F)F)cc23)CC1. The average molecular weight is 396 g/mol. The molecule has 0 N–H and O–H groups in total. The number of nitriles is 1. The lowest BCUT2D eigenvalue weighted by Gasteiger charge is -2.36. The minimum absolute atomic E-state index is 0.0252. The van der Waals surface area contributed by atoms with Crippen molar-refractivity contribution in [3.63, 3.8) is 0 Å². The normalized spacial score (nSPS) is 15.9. The highest BCUT2D eigenvalue weighted by atomic mass is 32.2. The number of rotatable bonds is 5. The van der Waals surface area contributed by atoms with Gasteiger partial charge < -0.3 is 9.64 Å². The van der Waals surface area contributed by atoms with Crippen LogP contribution in [0.1, 0.15) is 12.5 Å². The van der Waals surface area contributed by atoms with Crippen molar-refractivity contribution in [3.8, 4) is 11.8 Å². The van der Waals surface area contributed by atoms with E-state index in [-0.39, 0.29) is 24.6 Å². The van der Waals surface area contributed by atoms with E-state index in [0.717, 1.165) is 0 Å². The number of ether oxygens (including phenoxy) is 1. The smallest absolute Gasteiger partial charge is 0.387 e. The first-order chi connectivity index (χ1) is 12.9. The zero-order valence-corrected chi connectivity index (χ0v) is 15.4. The van der Waals surface area contributed by atoms with Crippen LogP contribution >= 0.6 is 0 Å². The number of anilines is 1. The maximum Gasteiger partial charge on any atom is 0.387 e. The summed E-state index contributed by atoms with van der Waals surface area (Å²) in [6.45, 7) is -0.0206. The van der Waals surface area contributed by atoms with Gasteiger partial charge in [0.15, 0.2) is 0 Å². The molecule has 0 saturated carbocycles. The molecule has 2 aromatic rings. The Morgan fingerprint density at radius 1 is 1.30 bits per heavy atom. The van der Waals surface area contributed by atoms with Crippen LogP contribution in [-0.2, 0) is 10.0 Å².